The van der Waals surface area contributed by atoms with E-state index in [0.29, 0.717) is 59.8 Å². The van der Waals surface area contributed by atoms with Crippen molar-refractivity contribution in [3.05, 3.63) is 74.4 Å². The number of carbonyl (C=O) groups is 2. The first-order valence-corrected chi connectivity index (χ1v) is 13.3. The number of anilines is 2. The molecule has 1 aromatic heterocycles. The summed E-state index contributed by atoms with van der Waals surface area (Å²) in [5, 5.41) is 8.56. The van der Waals surface area contributed by atoms with E-state index in [9.17, 15) is 9.59 Å². The summed E-state index contributed by atoms with van der Waals surface area (Å²) >= 11 is 19.5. The number of thiophene rings is 1. The number of thiocarbonyl (C=S) groups is 1. The molecule has 1 fully saturated rings. The predicted molar refractivity (Wildman–Crippen MR) is 150 cm³/mol. The number of halogens is 2. The molecule has 4 rings (SSSR count). The highest BCUT2D eigenvalue weighted by Crippen LogP contribution is 2.30. The van der Waals surface area contributed by atoms with Gasteiger partial charge in [0, 0.05) is 37.4 Å². The van der Waals surface area contributed by atoms with Gasteiger partial charge in [0.15, 0.2) is 5.11 Å². The van der Waals surface area contributed by atoms with Crippen LogP contribution < -0.4 is 20.3 Å². The molecule has 0 aliphatic carbocycles. The molecule has 2 aromatic carbocycles. The van der Waals surface area contributed by atoms with E-state index in [4.69, 9.17) is 40.2 Å². The summed E-state index contributed by atoms with van der Waals surface area (Å²) in [5.41, 5.74) is 1.88. The molecule has 1 saturated heterocycles. The summed E-state index contributed by atoms with van der Waals surface area (Å²) in [5.74, 6) is 0.190. The molecule has 0 unspecified atom stereocenters. The third-order valence-electron chi connectivity index (χ3n) is 5.57. The monoisotopic (exact) mass is 562 g/mol. The largest absolute Gasteiger partial charge is 0.492 e. The second-order valence-electron chi connectivity index (χ2n) is 7.91. The Morgan fingerprint density at radius 1 is 1.06 bits per heavy atom. The summed E-state index contributed by atoms with van der Waals surface area (Å²) in [4.78, 5) is 29.9. The van der Waals surface area contributed by atoms with E-state index in [2.05, 4.69) is 15.5 Å². The van der Waals surface area contributed by atoms with Crippen LogP contribution in [0.3, 0.4) is 0 Å². The zero-order chi connectivity index (χ0) is 25.7. The van der Waals surface area contributed by atoms with Crippen LogP contribution in [-0.4, -0.2) is 54.6 Å². The summed E-state index contributed by atoms with van der Waals surface area (Å²) in [6, 6.07) is 14.0. The first kappa shape index (κ1) is 26.2. The third kappa shape index (κ3) is 6.28. The van der Waals surface area contributed by atoms with Gasteiger partial charge in [-0.25, -0.2) is 0 Å². The lowest BCUT2D eigenvalue weighted by atomic mass is 10.2. The number of carbonyl (C=O) groups excluding carboxylic acids is 2. The molecule has 11 heteroatoms. The second kappa shape index (κ2) is 11.9. The zero-order valence-electron chi connectivity index (χ0n) is 19.4. The molecule has 0 atom stereocenters. The Morgan fingerprint density at radius 3 is 2.47 bits per heavy atom. The van der Waals surface area contributed by atoms with Crippen molar-refractivity contribution in [3.63, 3.8) is 0 Å². The van der Waals surface area contributed by atoms with E-state index in [1.54, 1.807) is 18.2 Å². The number of nitrogens with one attached hydrogen (secondary N) is 2. The van der Waals surface area contributed by atoms with Gasteiger partial charge in [-0.3, -0.25) is 14.9 Å². The van der Waals surface area contributed by atoms with Gasteiger partial charge in [0.25, 0.3) is 11.8 Å². The fourth-order valence-electron chi connectivity index (χ4n) is 3.80. The number of ether oxygens (including phenoxy) is 1. The highest BCUT2D eigenvalue weighted by atomic mass is 35.5. The molecule has 2 amide bonds. The number of benzene rings is 2. The molecule has 0 radical (unpaired) electrons. The van der Waals surface area contributed by atoms with Gasteiger partial charge >= 0.3 is 0 Å². The van der Waals surface area contributed by atoms with Crippen molar-refractivity contribution in [2.45, 2.75) is 6.92 Å². The molecule has 3 aromatic rings. The molecule has 36 heavy (non-hydrogen) atoms. The third-order valence-corrected chi connectivity index (χ3v) is 7.23. The minimum absolute atomic E-state index is 0.0679. The Morgan fingerprint density at radius 2 is 1.83 bits per heavy atom. The topological polar surface area (TPSA) is 73.9 Å². The highest BCUT2D eigenvalue weighted by molar-refractivity contribution is 7.80. The molecule has 1 aliphatic rings. The van der Waals surface area contributed by atoms with E-state index in [0.717, 1.165) is 10.6 Å². The second-order valence-corrected chi connectivity index (χ2v) is 10.1. The number of hydrogen-bond donors (Lipinski definition) is 2. The number of nitrogens with zero attached hydrogens (tertiary/aromatic N) is 2. The summed E-state index contributed by atoms with van der Waals surface area (Å²) < 4.78 is 5.39. The SMILES string of the molecule is CCOc1ccc(C(=O)NC(=S)Nc2ccc(N3CCN(C(=O)c4cccs4)CC3)c(Cl)c2)cc1Cl. The molecule has 7 nitrogen and oxygen atoms in total. The first-order valence-electron chi connectivity index (χ1n) is 11.3. The maximum Gasteiger partial charge on any atom is 0.264 e. The molecule has 2 N–H and O–H groups in total. The van der Waals surface area contributed by atoms with Gasteiger partial charge < -0.3 is 19.9 Å². The van der Waals surface area contributed by atoms with Gasteiger partial charge in [-0.2, -0.15) is 0 Å². The first-order chi connectivity index (χ1) is 17.4. The average Bonchev–Trinajstić information content (AvgIpc) is 3.40. The molecule has 2 heterocycles. The van der Waals surface area contributed by atoms with E-state index in [-0.39, 0.29) is 11.0 Å². The van der Waals surface area contributed by atoms with Crippen molar-refractivity contribution in [3.8, 4) is 5.75 Å². The van der Waals surface area contributed by atoms with Crippen LogP contribution >= 0.6 is 46.8 Å². The fourth-order valence-corrected chi connectivity index (χ4v) is 5.24. The number of hydrogen-bond acceptors (Lipinski definition) is 6. The molecule has 0 bridgehead atoms. The van der Waals surface area contributed by atoms with Crippen molar-refractivity contribution >= 4 is 75.1 Å². The van der Waals surface area contributed by atoms with Gasteiger partial charge in [-0.15, -0.1) is 11.3 Å². The van der Waals surface area contributed by atoms with Crippen molar-refractivity contribution in [2.75, 3.05) is 43.0 Å². The standard InChI is InChI=1S/C25H24Cl2N4O3S2/c1-2-34-21-8-5-16(14-19(21)27)23(32)29-25(35)28-17-6-7-20(18(26)15-17)30-9-11-31(12-10-30)24(33)22-4-3-13-36-22/h3-8,13-15H,2,9-12H2,1H3,(H2,28,29,32,35). The Balaban J connectivity index is 1.32. The number of piperazine rings is 1. The molecule has 0 saturated carbocycles. The lowest BCUT2D eigenvalue weighted by molar-refractivity contribution is 0.0751. The number of rotatable bonds is 6. The van der Waals surface area contributed by atoms with Crippen LogP contribution in [0.4, 0.5) is 11.4 Å². The van der Waals surface area contributed by atoms with Crippen molar-refractivity contribution in [1.82, 2.24) is 10.2 Å². The fraction of sp³-hybridized carbons (Fsp3) is 0.240. The van der Waals surface area contributed by atoms with Gasteiger partial charge in [0.2, 0.25) is 0 Å². The summed E-state index contributed by atoms with van der Waals surface area (Å²) in [7, 11) is 0. The quantitative estimate of drug-likeness (QED) is 0.384. The Labute approximate surface area is 228 Å². The van der Waals surface area contributed by atoms with Crippen LogP contribution in [-0.2, 0) is 0 Å². The van der Waals surface area contributed by atoms with Crippen LogP contribution in [0, 0.1) is 0 Å². The Kier molecular flexibility index (Phi) is 8.68. The van der Waals surface area contributed by atoms with Crippen LogP contribution in [0.2, 0.25) is 10.0 Å². The molecule has 1 aliphatic heterocycles. The van der Waals surface area contributed by atoms with E-state index >= 15 is 0 Å². The van der Waals surface area contributed by atoms with Crippen molar-refractivity contribution < 1.29 is 14.3 Å². The van der Waals surface area contributed by atoms with Crippen LogP contribution in [0.15, 0.2) is 53.9 Å². The molecule has 0 spiro atoms. The van der Waals surface area contributed by atoms with Gasteiger partial charge in [0.1, 0.15) is 5.75 Å². The zero-order valence-corrected chi connectivity index (χ0v) is 22.6. The minimum atomic E-state index is -0.393. The van der Waals surface area contributed by atoms with Crippen LogP contribution in [0.25, 0.3) is 0 Å². The van der Waals surface area contributed by atoms with Gasteiger partial charge in [-0.05, 0) is 67.0 Å². The Bertz CT molecular complexity index is 1260. The van der Waals surface area contributed by atoms with E-state index in [1.165, 1.54) is 17.4 Å². The van der Waals surface area contributed by atoms with E-state index < -0.39 is 5.91 Å². The van der Waals surface area contributed by atoms with Gasteiger partial charge in [-0.1, -0.05) is 29.3 Å². The van der Waals surface area contributed by atoms with Gasteiger partial charge in [0.05, 0.1) is 27.2 Å². The molecular weight excluding hydrogens is 539 g/mol. The average molecular weight is 564 g/mol. The van der Waals surface area contributed by atoms with Crippen molar-refractivity contribution in [1.29, 1.82) is 0 Å². The summed E-state index contributed by atoms with van der Waals surface area (Å²) in [6.45, 7) is 4.95. The normalized spacial score (nSPS) is 13.3. The lowest BCUT2D eigenvalue weighted by Crippen LogP contribution is -2.48. The highest BCUT2D eigenvalue weighted by Gasteiger charge is 2.24. The maximum atomic E-state index is 12.6. The van der Waals surface area contributed by atoms with E-state index in [1.807, 2.05) is 41.5 Å². The molecule has 188 valence electrons. The predicted octanol–water partition coefficient (Wildman–Crippen LogP) is 5.54. The lowest BCUT2D eigenvalue weighted by Gasteiger charge is -2.36. The summed E-state index contributed by atoms with van der Waals surface area (Å²) in [6.07, 6.45) is 0. The molecular formula is C25H24Cl2N4O3S2. The van der Waals surface area contributed by atoms with Crippen LogP contribution in [0.1, 0.15) is 27.0 Å². The Hall–Kier alpha value is -2.85. The minimum Gasteiger partial charge on any atom is -0.492 e. The van der Waals surface area contributed by atoms with Crippen LogP contribution in [0.5, 0.6) is 5.75 Å². The smallest absolute Gasteiger partial charge is 0.264 e. The number of amides is 2. The maximum absolute atomic E-state index is 12.6. The van der Waals surface area contributed by atoms with Crippen molar-refractivity contribution in [2.24, 2.45) is 0 Å².